The van der Waals surface area contributed by atoms with Gasteiger partial charge in [0.2, 0.25) is 0 Å². The fourth-order valence-electron chi connectivity index (χ4n) is 4.73. The lowest BCUT2D eigenvalue weighted by atomic mass is 9.94. The molecule has 2 aliphatic carbocycles. The Hall–Kier alpha value is -1.69. The number of aryl methyl sites for hydroxylation is 2. The topological polar surface area (TPSA) is 66.8 Å². The van der Waals surface area contributed by atoms with Crippen molar-refractivity contribution in [1.82, 2.24) is 0 Å². The second-order valence-corrected chi connectivity index (χ2v) is 9.93. The number of ether oxygens (including phenoxy) is 1. The summed E-state index contributed by atoms with van der Waals surface area (Å²) in [5, 5.41) is 18.1. The summed E-state index contributed by atoms with van der Waals surface area (Å²) in [4.78, 5) is 15.2. The summed E-state index contributed by atoms with van der Waals surface area (Å²) in [6.07, 6.45) is 1.44. The van der Waals surface area contributed by atoms with Crippen LogP contribution in [-0.2, 0) is 12.8 Å². The summed E-state index contributed by atoms with van der Waals surface area (Å²) in [6, 6.07) is 7.59. The quantitative estimate of drug-likeness (QED) is 0.660. The number of ketones is 1. The monoisotopic (exact) mass is 400 g/mol. The van der Waals surface area contributed by atoms with Crippen LogP contribution < -0.4 is 4.74 Å². The lowest BCUT2D eigenvalue weighted by Crippen LogP contribution is -2.21. The number of hydrogen-bond acceptors (Lipinski definition) is 5. The van der Waals surface area contributed by atoms with E-state index in [2.05, 4.69) is 20.8 Å². The van der Waals surface area contributed by atoms with Crippen molar-refractivity contribution in [2.45, 2.75) is 52.1 Å². The molecule has 1 aromatic heterocycles. The predicted octanol–water partition coefficient (Wildman–Crippen LogP) is 3.90. The van der Waals surface area contributed by atoms with Crippen molar-refractivity contribution in [3.63, 3.8) is 0 Å². The number of thiophene rings is 1. The van der Waals surface area contributed by atoms with Crippen LogP contribution in [0.15, 0.2) is 24.3 Å². The maximum absolute atomic E-state index is 12.9. The van der Waals surface area contributed by atoms with Gasteiger partial charge >= 0.3 is 0 Å². The smallest absolute Gasteiger partial charge is 0.173 e. The zero-order valence-corrected chi connectivity index (χ0v) is 17.5. The molecule has 0 radical (unpaired) electrons. The fourth-order valence-corrected chi connectivity index (χ4v) is 5.92. The lowest BCUT2D eigenvalue weighted by molar-refractivity contribution is 0.0536. The summed E-state index contributed by atoms with van der Waals surface area (Å²) in [5.74, 6) is 2.31. The molecule has 0 spiro atoms. The Bertz CT molecular complexity index is 881. The summed E-state index contributed by atoms with van der Waals surface area (Å²) < 4.78 is 5.42. The summed E-state index contributed by atoms with van der Waals surface area (Å²) in [6.45, 7) is 6.62. The molecular weight excluding hydrogens is 372 g/mol. The van der Waals surface area contributed by atoms with Crippen molar-refractivity contribution in [1.29, 1.82) is 0 Å². The highest BCUT2D eigenvalue weighted by molar-refractivity contribution is 7.14. The van der Waals surface area contributed by atoms with E-state index in [-0.39, 0.29) is 19.0 Å². The number of aliphatic hydroxyl groups excluding tert-OH is 2. The Morgan fingerprint density at radius 1 is 1.32 bits per heavy atom. The zero-order chi connectivity index (χ0) is 20.1. The van der Waals surface area contributed by atoms with Crippen LogP contribution in [-0.4, -0.2) is 35.3 Å². The first-order chi connectivity index (χ1) is 13.3. The van der Waals surface area contributed by atoms with Crippen molar-refractivity contribution >= 4 is 17.1 Å². The van der Waals surface area contributed by atoms with Crippen molar-refractivity contribution < 1.29 is 19.7 Å². The van der Waals surface area contributed by atoms with Crippen LogP contribution in [0.4, 0.5) is 0 Å². The molecule has 3 atom stereocenters. The van der Waals surface area contributed by atoms with E-state index < -0.39 is 6.10 Å². The SMILES string of the molecule is Cc1sc(C(=O)CCc2ccc(OC[C@H](O)CO)cc2)c2c1[C@H]1[C@@H](C2)C1(C)C. The molecule has 0 bridgehead atoms. The van der Waals surface area contributed by atoms with Gasteiger partial charge in [-0.2, -0.15) is 0 Å². The molecule has 2 aromatic rings. The molecule has 4 nitrogen and oxygen atoms in total. The Kier molecular flexibility index (Phi) is 5.10. The first-order valence-electron chi connectivity index (χ1n) is 9.99. The molecule has 2 N–H and O–H groups in total. The molecule has 150 valence electrons. The summed E-state index contributed by atoms with van der Waals surface area (Å²) in [5.41, 5.74) is 4.33. The molecule has 1 heterocycles. The average molecular weight is 401 g/mol. The molecule has 0 aliphatic heterocycles. The van der Waals surface area contributed by atoms with Crippen LogP contribution in [0.25, 0.3) is 0 Å². The Morgan fingerprint density at radius 2 is 2.04 bits per heavy atom. The van der Waals surface area contributed by atoms with E-state index >= 15 is 0 Å². The molecule has 0 unspecified atom stereocenters. The summed E-state index contributed by atoms with van der Waals surface area (Å²) >= 11 is 1.69. The number of benzene rings is 1. The highest BCUT2D eigenvalue weighted by Crippen LogP contribution is 2.71. The van der Waals surface area contributed by atoms with Crippen LogP contribution in [0.5, 0.6) is 5.75 Å². The van der Waals surface area contributed by atoms with Crippen molar-refractivity contribution in [3.8, 4) is 5.75 Å². The second-order valence-electron chi connectivity index (χ2n) is 8.70. The van der Waals surface area contributed by atoms with Gasteiger partial charge in [0.05, 0.1) is 11.5 Å². The van der Waals surface area contributed by atoms with Gasteiger partial charge in [0.25, 0.3) is 0 Å². The van der Waals surface area contributed by atoms with Gasteiger partial charge in [-0.1, -0.05) is 26.0 Å². The van der Waals surface area contributed by atoms with Gasteiger partial charge in [-0.05, 0) is 65.8 Å². The molecule has 1 fully saturated rings. The van der Waals surface area contributed by atoms with E-state index in [9.17, 15) is 9.90 Å². The Labute approximate surface area is 170 Å². The first-order valence-corrected chi connectivity index (χ1v) is 10.8. The number of rotatable bonds is 8. The van der Waals surface area contributed by atoms with Crippen LogP contribution in [0.2, 0.25) is 0 Å². The van der Waals surface area contributed by atoms with Gasteiger partial charge in [-0.25, -0.2) is 0 Å². The molecule has 5 heteroatoms. The normalized spacial score (nSPS) is 22.5. The van der Waals surface area contributed by atoms with Gasteiger partial charge in [-0.3, -0.25) is 4.79 Å². The number of carbonyl (C=O) groups excluding carboxylic acids is 1. The van der Waals surface area contributed by atoms with E-state index in [1.54, 1.807) is 11.3 Å². The van der Waals surface area contributed by atoms with E-state index in [4.69, 9.17) is 9.84 Å². The highest BCUT2D eigenvalue weighted by atomic mass is 32.1. The number of Topliss-reactive ketones (excluding diaryl/α,β-unsaturated/α-hetero) is 1. The van der Waals surface area contributed by atoms with E-state index in [0.717, 1.165) is 22.8 Å². The van der Waals surface area contributed by atoms with Crippen LogP contribution in [0.1, 0.15) is 57.4 Å². The molecule has 1 saturated carbocycles. The molecule has 1 aromatic carbocycles. The maximum Gasteiger partial charge on any atom is 0.173 e. The second kappa shape index (κ2) is 7.29. The van der Waals surface area contributed by atoms with Crippen LogP contribution in [0, 0.1) is 18.3 Å². The Morgan fingerprint density at radius 3 is 2.71 bits per heavy atom. The van der Waals surface area contributed by atoms with Gasteiger partial charge in [0.1, 0.15) is 18.5 Å². The molecular formula is C23H28O4S. The number of carbonyl (C=O) groups is 1. The first kappa shape index (κ1) is 19.6. The summed E-state index contributed by atoms with van der Waals surface area (Å²) in [7, 11) is 0. The third kappa shape index (κ3) is 3.40. The van der Waals surface area contributed by atoms with Crippen molar-refractivity contribution in [3.05, 3.63) is 50.7 Å². The van der Waals surface area contributed by atoms with Crippen molar-refractivity contribution in [2.75, 3.05) is 13.2 Å². The third-order valence-corrected chi connectivity index (χ3v) is 7.69. The Balaban J connectivity index is 1.36. The minimum absolute atomic E-state index is 0.0654. The minimum Gasteiger partial charge on any atom is -0.491 e. The van der Waals surface area contributed by atoms with Crippen LogP contribution in [0.3, 0.4) is 0 Å². The van der Waals surface area contributed by atoms with Crippen LogP contribution >= 0.6 is 11.3 Å². The van der Waals surface area contributed by atoms with E-state index in [0.29, 0.717) is 29.9 Å². The lowest BCUT2D eigenvalue weighted by Gasteiger charge is -2.10. The third-order valence-electron chi connectivity index (χ3n) is 6.49. The predicted molar refractivity (Wildman–Crippen MR) is 110 cm³/mol. The van der Waals surface area contributed by atoms with Crippen molar-refractivity contribution in [2.24, 2.45) is 11.3 Å². The van der Waals surface area contributed by atoms with E-state index in [1.807, 2.05) is 24.3 Å². The molecule has 4 rings (SSSR count). The minimum atomic E-state index is -0.870. The number of hydrogen-bond donors (Lipinski definition) is 2. The van der Waals surface area contributed by atoms with Gasteiger partial charge in [-0.15, -0.1) is 11.3 Å². The maximum atomic E-state index is 12.9. The molecule has 0 amide bonds. The van der Waals surface area contributed by atoms with E-state index in [1.165, 1.54) is 16.0 Å². The zero-order valence-electron chi connectivity index (χ0n) is 16.7. The number of fused-ring (bicyclic) bond motifs is 3. The van der Waals surface area contributed by atoms with Gasteiger partial charge in [0, 0.05) is 11.3 Å². The fraction of sp³-hybridized carbons (Fsp3) is 0.522. The number of aliphatic hydroxyl groups is 2. The largest absolute Gasteiger partial charge is 0.491 e. The van der Waals surface area contributed by atoms with Gasteiger partial charge < -0.3 is 14.9 Å². The van der Waals surface area contributed by atoms with Gasteiger partial charge in [0.15, 0.2) is 5.78 Å². The molecule has 0 saturated heterocycles. The highest BCUT2D eigenvalue weighted by Gasteiger charge is 2.63. The average Bonchev–Trinajstić information content (AvgIpc) is 3.02. The molecule has 2 aliphatic rings. The molecule has 28 heavy (non-hydrogen) atoms. The standard InChI is InChI=1S/C23H28O4S/c1-13-20-17(10-18-21(20)23(18,2)3)22(28-13)19(26)9-6-14-4-7-16(8-5-14)27-12-15(25)11-24/h4-5,7-8,15,18,21,24-25H,6,9-12H2,1-3H3/t15-,18-,21-/m1/s1.